The maximum absolute atomic E-state index is 12.6. The van der Waals surface area contributed by atoms with Crippen LogP contribution in [-0.2, 0) is 26.0 Å². The average Bonchev–Trinajstić information content (AvgIpc) is 3.33. The van der Waals surface area contributed by atoms with E-state index in [1.807, 2.05) is 68.5 Å². The SMILES string of the molecule is CCOc1ccc(-c2ccc(C=C3SC(=Nc4ccc(CC(=O)NS(=O)(=O)c5ccc(C)cc5)cc4)NC3=O)cc2)cc1. The first-order valence-electron chi connectivity index (χ1n) is 13.5. The number of carbonyl (C=O) groups is 2. The largest absolute Gasteiger partial charge is 0.494 e. The topological polar surface area (TPSA) is 114 Å². The highest BCUT2D eigenvalue weighted by atomic mass is 32.2. The van der Waals surface area contributed by atoms with Gasteiger partial charge in [0, 0.05) is 0 Å². The average molecular weight is 612 g/mol. The molecule has 2 N–H and O–H groups in total. The summed E-state index contributed by atoms with van der Waals surface area (Å²) in [7, 11) is -3.95. The monoisotopic (exact) mass is 611 g/mol. The molecule has 4 aromatic carbocycles. The molecule has 8 nitrogen and oxygen atoms in total. The van der Waals surface area contributed by atoms with Gasteiger partial charge in [0.15, 0.2) is 5.17 Å². The van der Waals surface area contributed by atoms with Gasteiger partial charge in [-0.25, -0.2) is 18.1 Å². The molecule has 43 heavy (non-hydrogen) atoms. The van der Waals surface area contributed by atoms with Crippen molar-refractivity contribution in [2.24, 2.45) is 4.99 Å². The van der Waals surface area contributed by atoms with Gasteiger partial charge in [-0.3, -0.25) is 9.59 Å². The Balaban J connectivity index is 1.18. The van der Waals surface area contributed by atoms with Crippen LogP contribution in [0.25, 0.3) is 17.2 Å². The van der Waals surface area contributed by atoms with Crippen LogP contribution in [0.15, 0.2) is 112 Å². The molecule has 5 rings (SSSR count). The van der Waals surface area contributed by atoms with Crippen LogP contribution in [0.3, 0.4) is 0 Å². The van der Waals surface area contributed by atoms with Crippen molar-refractivity contribution in [3.63, 3.8) is 0 Å². The zero-order valence-corrected chi connectivity index (χ0v) is 25.2. The summed E-state index contributed by atoms with van der Waals surface area (Å²) in [6, 6.07) is 28.9. The van der Waals surface area contributed by atoms with Gasteiger partial charge in [0.25, 0.3) is 15.9 Å². The van der Waals surface area contributed by atoms with E-state index in [4.69, 9.17) is 4.74 Å². The number of aliphatic imine (C=N–C) groups is 1. The van der Waals surface area contributed by atoms with Crippen LogP contribution in [0.5, 0.6) is 5.75 Å². The van der Waals surface area contributed by atoms with Crippen molar-refractivity contribution in [3.8, 4) is 16.9 Å². The van der Waals surface area contributed by atoms with E-state index in [-0.39, 0.29) is 17.2 Å². The number of benzene rings is 4. The van der Waals surface area contributed by atoms with Crippen molar-refractivity contribution >= 4 is 50.5 Å². The number of nitrogens with zero attached hydrogens (tertiary/aromatic N) is 1. The number of hydrogen-bond acceptors (Lipinski definition) is 7. The summed E-state index contributed by atoms with van der Waals surface area (Å²) in [6.07, 6.45) is 1.70. The first-order chi connectivity index (χ1) is 20.7. The minimum absolute atomic E-state index is 0.0306. The predicted octanol–water partition coefficient (Wildman–Crippen LogP) is 6.00. The highest BCUT2D eigenvalue weighted by Crippen LogP contribution is 2.29. The standard InChI is InChI=1S/C33H29N3O5S2/c1-3-41-28-16-12-26(13-17-28)25-10-6-23(7-11-25)20-30-32(38)35-33(42-30)34-27-14-8-24(9-15-27)21-31(37)36-43(39,40)29-18-4-22(2)5-19-29/h4-20H,3,21H2,1-2H3,(H,36,37)(H,34,35,38). The molecule has 0 saturated carbocycles. The van der Waals surface area contributed by atoms with E-state index in [1.54, 1.807) is 36.4 Å². The molecule has 0 radical (unpaired) electrons. The normalized spacial score (nSPS) is 15.0. The molecule has 1 fully saturated rings. The lowest BCUT2D eigenvalue weighted by molar-refractivity contribution is -0.118. The van der Waals surface area contributed by atoms with E-state index in [2.05, 4.69) is 15.0 Å². The van der Waals surface area contributed by atoms with Gasteiger partial charge < -0.3 is 10.1 Å². The van der Waals surface area contributed by atoms with Crippen molar-refractivity contribution in [1.29, 1.82) is 0 Å². The van der Waals surface area contributed by atoms with Gasteiger partial charge in [0.1, 0.15) is 5.75 Å². The lowest BCUT2D eigenvalue weighted by Gasteiger charge is -2.07. The second-order valence-corrected chi connectivity index (χ2v) is 12.5. The molecule has 0 spiro atoms. The molecule has 0 aromatic heterocycles. The Labute approximate surface area is 255 Å². The zero-order chi connectivity index (χ0) is 30.4. The van der Waals surface area contributed by atoms with E-state index in [0.29, 0.717) is 27.9 Å². The number of rotatable bonds is 9. The van der Waals surface area contributed by atoms with E-state index in [1.165, 1.54) is 23.9 Å². The van der Waals surface area contributed by atoms with E-state index >= 15 is 0 Å². The Morgan fingerprint density at radius 3 is 2.16 bits per heavy atom. The fraction of sp³-hybridized carbons (Fsp3) is 0.121. The number of sulfonamides is 1. The van der Waals surface area contributed by atoms with E-state index < -0.39 is 15.9 Å². The van der Waals surface area contributed by atoms with Gasteiger partial charge in [-0.2, -0.15) is 0 Å². The molecule has 0 aliphatic carbocycles. The van der Waals surface area contributed by atoms with Gasteiger partial charge in [-0.15, -0.1) is 0 Å². The molecule has 0 atom stereocenters. The molecular weight excluding hydrogens is 583 g/mol. The summed E-state index contributed by atoms with van der Waals surface area (Å²) in [4.78, 5) is 30.0. The molecule has 1 aliphatic rings. The lowest BCUT2D eigenvalue weighted by atomic mass is 10.0. The summed E-state index contributed by atoms with van der Waals surface area (Å²) in [6.45, 7) is 4.43. The van der Waals surface area contributed by atoms with Gasteiger partial charge in [0.05, 0.1) is 28.5 Å². The second kappa shape index (κ2) is 13.1. The van der Waals surface area contributed by atoms with E-state index in [0.717, 1.165) is 28.0 Å². The Morgan fingerprint density at radius 1 is 0.907 bits per heavy atom. The number of hydrogen-bond donors (Lipinski definition) is 2. The summed E-state index contributed by atoms with van der Waals surface area (Å²) in [5.74, 6) is -0.0390. The Morgan fingerprint density at radius 2 is 1.53 bits per heavy atom. The fourth-order valence-corrected chi connectivity index (χ4v) is 6.09. The quantitative estimate of drug-likeness (QED) is 0.225. The molecule has 1 saturated heterocycles. The summed E-state index contributed by atoms with van der Waals surface area (Å²) in [5, 5.41) is 3.22. The Hall–Kier alpha value is -4.67. The third-order valence-electron chi connectivity index (χ3n) is 6.47. The third kappa shape index (κ3) is 7.79. The summed E-state index contributed by atoms with van der Waals surface area (Å²) in [5.41, 5.74) is 5.15. The van der Waals surface area contributed by atoms with Crippen molar-refractivity contribution in [1.82, 2.24) is 10.0 Å². The maximum Gasteiger partial charge on any atom is 0.264 e. The highest BCUT2D eigenvalue weighted by molar-refractivity contribution is 8.18. The third-order valence-corrected chi connectivity index (χ3v) is 8.77. The summed E-state index contributed by atoms with van der Waals surface area (Å²) < 4.78 is 32.5. The molecule has 1 heterocycles. The minimum atomic E-state index is -3.95. The molecule has 218 valence electrons. The number of amidine groups is 1. The van der Waals surface area contributed by atoms with Crippen LogP contribution >= 0.6 is 11.8 Å². The molecular formula is C33H29N3O5S2. The summed E-state index contributed by atoms with van der Waals surface area (Å²) >= 11 is 1.24. The smallest absolute Gasteiger partial charge is 0.264 e. The number of amides is 2. The van der Waals surface area contributed by atoms with Crippen molar-refractivity contribution < 1.29 is 22.7 Å². The first kappa shape index (κ1) is 29.8. The number of aryl methyl sites for hydroxylation is 1. The van der Waals surface area contributed by atoms with Gasteiger partial charge in [-0.1, -0.05) is 66.2 Å². The maximum atomic E-state index is 12.6. The van der Waals surface area contributed by atoms with Crippen molar-refractivity contribution in [2.45, 2.75) is 25.2 Å². The van der Waals surface area contributed by atoms with Crippen LogP contribution in [0.4, 0.5) is 5.69 Å². The van der Waals surface area contributed by atoms with Gasteiger partial charge >= 0.3 is 0 Å². The van der Waals surface area contributed by atoms with Gasteiger partial charge in [0.2, 0.25) is 5.91 Å². The number of nitrogens with one attached hydrogen (secondary N) is 2. The Bertz CT molecular complexity index is 1800. The van der Waals surface area contributed by atoms with Crippen molar-refractivity contribution in [2.75, 3.05) is 6.61 Å². The zero-order valence-electron chi connectivity index (χ0n) is 23.5. The van der Waals surface area contributed by atoms with Crippen LogP contribution in [0.2, 0.25) is 0 Å². The van der Waals surface area contributed by atoms with Crippen LogP contribution < -0.4 is 14.8 Å². The first-order valence-corrected chi connectivity index (χ1v) is 15.8. The number of ether oxygens (including phenoxy) is 1. The molecule has 0 bridgehead atoms. The molecule has 2 amide bonds. The van der Waals surface area contributed by atoms with E-state index in [9.17, 15) is 18.0 Å². The van der Waals surface area contributed by atoms with Crippen molar-refractivity contribution in [3.05, 3.63) is 119 Å². The van der Waals surface area contributed by atoms with Gasteiger partial charge in [-0.05, 0) is 90.3 Å². The molecule has 0 unspecified atom stereocenters. The lowest BCUT2D eigenvalue weighted by Crippen LogP contribution is -2.31. The second-order valence-electron chi connectivity index (χ2n) is 9.75. The molecule has 1 aliphatic heterocycles. The fourth-order valence-electron chi connectivity index (χ4n) is 4.27. The minimum Gasteiger partial charge on any atom is -0.494 e. The van der Waals surface area contributed by atoms with Crippen LogP contribution in [-0.4, -0.2) is 32.0 Å². The van der Waals surface area contributed by atoms with Crippen LogP contribution in [0, 0.1) is 6.92 Å². The molecule has 4 aromatic rings. The number of carbonyl (C=O) groups excluding carboxylic acids is 2. The number of thioether (sulfide) groups is 1. The Kier molecular flexibility index (Phi) is 9.08. The predicted molar refractivity (Wildman–Crippen MR) is 171 cm³/mol. The van der Waals surface area contributed by atoms with Crippen LogP contribution in [0.1, 0.15) is 23.6 Å². The molecule has 10 heteroatoms. The highest BCUT2D eigenvalue weighted by Gasteiger charge is 2.24.